The maximum atomic E-state index is 12.7. The van der Waals surface area contributed by atoms with E-state index in [9.17, 15) is 28.0 Å². The van der Waals surface area contributed by atoms with Gasteiger partial charge in [-0.25, -0.2) is 19.2 Å². The van der Waals surface area contributed by atoms with E-state index in [4.69, 9.17) is 0 Å². The second-order valence-electron chi connectivity index (χ2n) is 7.77. The third kappa shape index (κ3) is 6.99. The maximum Gasteiger partial charge on any atom is 0.241 e. The predicted octanol–water partition coefficient (Wildman–Crippen LogP) is 0.910. The minimum atomic E-state index is -0.328. The van der Waals surface area contributed by atoms with Crippen LogP contribution in [0.25, 0.3) is 0 Å². The summed E-state index contributed by atoms with van der Waals surface area (Å²) in [5.41, 5.74) is 4.17. The van der Waals surface area contributed by atoms with Gasteiger partial charge in [0.1, 0.15) is 11.6 Å². The molecule has 2 aliphatic heterocycles. The van der Waals surface area contributed by atoms with Crippen LogP contribution in [0.15, 0.2) is 48.5 Å². The van der Waals surface area contributed by atoms with E-state index in [0.29, 0.717) is 0 Å². The molecule has 2 aromatic rings. The summed E-state index contributed by atoms with van der Waals surface area (Å²) >= 11 is 0. The van der Waals surface area contributed by atoms with Gasteiger partial charge in [-0.05, 0) is 35.4 Å². The molecule has 0 radical (unpaired) electrons. The molecule has 0 saturated carbocycles. The first kappa shape index (κ1) is 24.1. The highest BCUT2D eigenvalue weighted by atomic mass is 19.1. The van der Waals surface area contributed by atoms with Crippen molar-refractivity contribution in [3.63, 3.8) is 0 Å². The lowest BCUT2D eigenvalue weighted by Gasteiger charge is -2.22. The summed E-state index contributed by atoms with van der Waals surface area (Å²) in [6.07, 6.45) is 0.346. The summed E-state index contributed by atoms with van der Waals surface area (Å²) in [6.45, 7) is 0.723. The van der Waals surface area contributed by atoms with Gasteiger partial charge in [-0.1, -0.05) is 24.3 Å². The van der Waals surface area contributed by atoms with Gasteiger partial charge in [0.15, 0.2) is 11.6 Å². The Morgan fingerprint density at radius 1 is 0.788 bits per heavy atom. The standard InChI is InChI=1S/C12H13FN2O2.C11H11FN2O2/c1-14-7-11(16)8-15(14)12(17)6-9-2-4-10(13)5-3-9;12-9-3-1-8(2-4-9)5-11(16)14-7-10(15)6-13-14/h2-5H,6-8H2,1H3;1-4,13H,5-7H2. The van der Waals surface area contributed by atoms with E-state index in [1.165, 1.54) is 34.3 Å². The molecule has 174 valence electrons. The van der Waals surface area contributed by atoms with E-state index >= 15 is 0 Å². The molecule has 8 nitrogen and oxygen atoms in total. The molecule has 0 atom stereocenters. The Morgan fingerprint density at radius 3 is 1.73 bits per heavy atom. The fraction of sp³-hybridized carbons (Fsp3) is 0.304. The number of carbonyl (C=O) groups is 4. The van der Waals surface area contributed by atoms with E-state index in [1.54, 1.807) is 36.3 Å². The Bertz CT molecular complexity index is 1030. The number of amides is 2. The molecule has 4 rings (SSSR count). The maximum absolute atomic E-state index is 12.7. The monoisotopic (exact) mass is 458 g/mol. The summed E-state index contributed by atoms with van der Waals surface area (Å²) in [6, 6.07) is 11.5. The number of halogens is 2. The van der Waals surface area contributed by atoms with Crippen molar-refractivity contribution in [2.45, 2.75) is 12.8 Å². The van der Waals surface area contributed by atoms with Crippen LogP contribution in [0, 0.1) is 11.6 Å². The zero-order valence-corrected chi connectivity index (χ0v) is 18.1. The van der Waals surface area contributed by atoms with Crippen LogP contribution in [0.1, 0.15) is 11.1 Å². The van der Waals surface area contributed by atoms with Crippen molar-refractivity contribution in [2.75, 3.05) is 33.2 Å². The van der Waals surface area contributed by atoms with Crippen LogP contribution in [0.2, 0.25) is 0 Å². The number of likely N-dealkylation sites (N-methyl/N-ethyl adjacent to an activating group) is 1. The highest BCUT2D eigenvalue weighted by molar-refractivity contribution is 5.91. The molecule has 0 spiro atoms. The average Bonchev–Trinajstić information content (AvgIpc) is 3.36. The lowest BCUT2D eigenvalue weighted by Crippen LogP contribution is -2.39. The summed E-state index contributed by atoms with van der Waals surface area (Å²) in [4.78, 5) is 45.7. The summed E-state index contributed by atoms with van der Waals surface area (Å²) in [5.74, 6) is -0.963. The SMILES string of the molecule is CN1CC(=O)CN1C(=O)Cc1ccc(F)cc1.O=C1CNN(C(=O)Cc2ccc(F)cc2)C1. The molecule has 2 aliphatic rings. The molecule has 2 fully saturated rings. The number of ketones is 2. The van der Waals surface area contributed by atoms with Gasteiger partial charge in [-0.2, -0.15) is 0 Å². The first-order valence-corrected chi connectivity index (χ1v) is 10.3. The largest absolute Gasteiger partial charge is 0.296 e. The lowest BCUT2D eigenvalue weighted by molar-refractivity contribution is -0.141. The zero-order chi connectivity index (χ0) is 24.0. The van der Waals surface area contributed by atoms with Gasteiger partial charge in [-0.15, -0.1) is 0 Å². The number of hydrogen-bond donors (Lipinski definition) is 1. The molecule has 33 heavy (non-hydrogen) atoms. The molecule has 0 bridgehead atoms. The minimum absolute atomic E-state index is 0.00699. The van der Waals surface area contributed by atoms with Crippen LogP contribution >= 0.6 is 0 Å². The van der Waals surface area contributed by atoms with Crippen LogP contribution in [0.5, 0.6) is 0 Å². The molecule has 1 N–H and O–H groups in total. The molecular formula is C23H24F2N4O4. The molecule has 10 heteroatoms. The van der Waals surface area contributed by atoms with Gasteiger partial charge < -0.3 is 0 Å². The number of Topliss-reactive ketones (excluding diaryl/α,β-unsaturated/α-hetero) is 2. The Morgan fingerprint density at radius 2 is 1.30 bits per heavy atom. The van der Waals surface area contributed by atoms with Crippen LogP contribution in [-0.4, -0.2) is 71.6 Å². The van der Waals surface area contributed by atoms with Crippen LogP contribution in [0.4, 0.5) is 8.78 Å². The number of benzene rings is 2. The quantitative estimate of drug-likeness (QED) is 0.733. The Labute approximate surface area is 189 Å². The van der Waals surface area contributed by atoms with Crippen molar-refractivity contribution in [2.24, 2.45) is 0 Å². The lowest BCUT2D eigenvalue weighted by atomic mass is 10.1. The number of hydrazine groups is 2. The third-order valence-electron chi connectivity index (χ3n) is 5.07. The van der Waals surface area contributed by atoms with Gasteiger partial charge in [0, 0.05) is 7.05 Å². The molecular weight excluding hydrogens is 434 g/mol. The fourth-order valence-electron chi connectivity index (χ4n) is 3.35. The number of rotatable bonds is 4. The van der Waals surface area contributed by atoms with Crippen LogP contribution < -0.4 is 5.43 Å². The highest BCUT2D eigenvalue weighted by Gasteiger charge is 2.29. The van der Waals surface area contributed by atoms with Crippen molar-refractivity contribution < 1.29 is 28.0 Å². The van der Waals surface area contributed by atoms with Crippen molar-refractivity contribution in [3.8, 4) is 0 Å². The Balaban J connectivity index is 0.000000186. The van der Waals surface area contributed by atoms with E-state index in [1.807, 2.05) is 0 Å². The van der Waals surface area contributed by atoms with Gasteiger partial charge in [0.2, 0.25) is 11.8 Å². The molecule has 0 aliphatic carbocycles. The van der Waals surface area contributed by atoms with E-state index < -0.39 is 0 Å². The van der Waals surface area contributed by atoms with E-state index in [-0.39, 0.29) is 74.0 Å². The van der Waals surface area contributed by atoms with Gasteiger partial charge >= 0.3 is 0 Å². The highest BCUT2D eigenvalue weighted by Crippen LogP contribution is 2.10. The summed E-state index contributed by atoms with van der Waals surface area (Å²) < 4.78 is 25.3. The normalized spacial score (nSPS) is 16.1. The molecule has 0 aromatic heterocycles. The molecule has 0 unspecified atom stereocenters. The average molecular weight is 458 g/mol. The predicted molar refractivity (Wildman–Crippen MR) is 114 cm³/mol. The summed E-state index contributed by atoms with van der Waals surface area (Å²) in [7, 11) is 1.70. The zero-order valence-electron chi connectivity index (χ0n) is 18.1. The van der Waals surface area contributed by atoms with Crippen molar-refractivity contribution in [3.05, 3.63) is 71.3 Å². The second kappa shape index (κ2) is 10.9. The van der Waals surface area contributed by atoms with E-state index in [2.05, 4.69) is 5.43 Å². The van der Waals surface area contributed by atoms with Crippen molar-refractivity contribution in [1.29, 1.82) is 0 Å². The van der Waals surface area contributed by atoms with Crippen molar-refractivity contribution >= 4 is 23.4 Å². The van der Waals surface area contributed by atoms with Gasteiger partial charge in [-0.3, -0.25) is 29.2 Å². The fourth-order valence-corrected chi connectivity index (χ4v) is 3.35. The number of hydrogen-bond acceptors (Lipinski definition) is 6. The Kier molecular flexibility index (Phi) is 7.96. The molecule has 2 heterocycles. The second-order valence-corrected chi connectivity index (χ2v) is 7.77. The van der Waals surface area contributed by atoms with Gasteiger partial charge in [0.05, 0.1) is 39.0 Å². The van der Waals surface area contributed by atoms with Crippen LogP contribution in [0.3, 0.4) is 0 Å². The smallest absolute Gasteiger partial charge is 0.241 e. The minimum Gasteiger partial charge on any atom is -0.296 e. The molecule has 2 saturated heterocycles. The van der Waals surface area contributed by atoms with Crippen LogP contribution in [-0.2, 0) is 32.0 Å². The van der Waals surface area contributed by atoms with E-state index in [0.717, 1.165) is 11.1 Å². The first-order valence-electron chi connectivity index (χ1n) is 10.3. The van der Waals surface area contributed by atoms with Gasteiger partial charge in [0.25, 0.3) is 0 Å². The van der Waals surface area contributed by atoms with Crippen molar-refractivity contribution in [1.82, 2.24) is 20.5 Å². The summed E-state index contributed by atoms with van der Waals surface area (Å²) in [5, 5.41) is 4.32. The Hall–Kier alpha value is -3.50. The topological polar surface area (TPSA) is 90.0 Å². The molecule has 2 amide bonds. The molecule has 2 aromatic carbocycles. The number of nitrogens with one attached hydrogen (secondary N) is 1. The number of nitrogens with zero attached hydrogens (tertiary/aromatic N) is 3. The first-order chi connectivity index (χ1) is 15.7. The number of carbonyl (C=O) groups excluding carboxylic acids is 4. The third-order valence-corrected chi connectivity index (χ3v) is 5.07.